The van der Waals surface area contributed by atoms with Crippen LogP contribution in [0.25, 0.3) is 11.4 Å². The Hall–Kier alpha value is -2.53. The number of aromatic nitrogens is 2. The molecule has 4 nitrogen and oxygen atoms in total. The molecule has 0 atom stereocenters. The maximum Gasteiger partial charge on any atom is 0.231 e. The minimum Gasteiger partial charge on any atom is -0.392 e. The van der Waals surface area contributed by atoms with Crippen molar-refractivity contribution in [2.75, 3.05) is 0 Å². The summed E-state index contributed by atoms with van der Waals surface area (Å²) in [7, 11) is 0. The smallest absolute Gasteiger partial charge is 0.231 e. The standard InChI is InChI=1S/C16H13FN2O2/c17-14-6-4-11(5-7-14)9-15-18-16(19-21-15)13-3-1-2-12(8-13)10-20/h1-8,20H,9-10H2. The van der Waals surface area contributed by atoms with Gasteiger partial charge in [0.05, 0.1) is 13.0 Å². The zero-order valence-corrected chi connectivity index (χ0v) is 11.2. The quantitative estimate of drug-likeness (QED) is 0.800. The van der Waals surface area contributed by atoms with Crippen molar-refractivity contribution < 1.29 is 14.0 Å². The average molecular weight is 284 g/mol. The fourth-order valence-electron chi connectivity index (χ4n) is 2.03. The fraction of sp³-hybridized carbons (Fsp3) is 0.125. The van der Waals surface area contributed by atoms with E-state index in [2.05, 4.69) is 10.1 Å². The number of aliphatic hydroxyl groups is 1. The summed E-state index contributed by atoms with van der Waals surface area (Å²) in [5.74, 6) is 0.666. The van der Waals surface area contributed by atoms with E-state index in [0.717, 1.165) is 16.7 Å². The van der Waals surface area contributed by atoms with Gasteiger partial charge in [0, 0.05) is 5.56 Å². The molecule has 1 heterocycles. The molecule has 0 bridgehead atoms. The van der Waals surface area contributed by atoms with E-state index in [1.165, 1.54) is 12.1 Å². The van der Waals surface area contributed by atoms with Gasteiger partial charge in [0.15, 0.2) is 0 Å². The topological polar surface area (TPSA) is 59.2 Å². The second-order valence-electron chi connectivity index (χ2n) is 4.67. The molecule has 106 valence electrons. The zero-order chi connectivity index (χ0) is 14.7. The first-order chi connectivity index (χ1) is 10.2. The third-order valence-corrected chi connectivity index (χ3v) is 3.10. The van der Waals surface area contributed by atoms with Crippen LogP contribution >= 0.6 is 0 Å². The highest BCUT2D eigenvalue weighted by atomic mass is 19.1. The molecular weight excluding hydrogens is 271 g/mol. The second kappa shape index (κ2) is 5.85. The van der Waals surface area contributed by atoms with Gasteiger partial charge in [-0.2, -0.15) is 4.98 Å². The molecule has 0 saturated heterocycles. The average Bonchev–Trinajstić information content (AvgIpc) is 2.98. The maximum atomic E-state index is 12.9. The molecule has 5 heteroatoms. The van der Waals surface area contributed by atoms with Crippen LogP contribution < -0.4 is 0 Å². The monoisotopic (exact) mass is 284 g/mol. The summed E-state index contributed by atoms with van der Waals surface area (Å²) in [6.07, 6.45) is 0.451. The number of halogens is 1. The molecule has 1 N–H and O–H groups in total. The van der Waals surface area contributed by atoms with Crippen molar-refractivity contribution in [3.63, 3.8) is 0 Å². The van der Waals surface area contributed by atoms with Crippen molar-refractivity contribution in [2.45, 2.75) is 13.0 Å². The van der Waals surface area contributed by atoms with Crippen molar-refractivity contribution in [1.82, 2.24) is 10.1 Å². The van der Waals surface area contributed by atoms with Gasteiger partial charge in [0.2, 0.25) is 11.7 Å². The van der Waals surface area contributed by atoms with Crippen LogP contribution in [0.3, 0.4) is 0 Å². The summed E-state index contributed by atoms with van der Waals surface area (Å²) >= 11 is 0. The number of hydrogen-bond acceptors (Lipinski definition) is 4. The van der Waals surface area contributed by atoms with Crippen LogP contribution in [-0.2, 0) is 13.0 Å². The van der Waals surface area contributed by atoms with Crippen LogP contribution in [0.15, 0.2) is 53.1 Å². The van der Waals surface area contributed by atoms with E-state index in [4.69, 9.17) is 9.63 Å². The molecule has 0 amide bonds. The highest BCUT2D eigenvalue weighted by molar-refractivity contribution is 5.55. The van der Waals surface area contributed by atoms with Crippen molar-refractivity contribution in [3.8, 4) is 11.4 Å². The van der Waals surface area contributed by atoms with E-state index < -0.39 is 0 Å². The van der Waals surface area contributed by atoms with Crippen molar-refractivity contribution in [2.24, 2.45) is 0 Å². The predicted octanol–water partition coefficient (Wildman–Crippen LogP) is 2.96. The van der Waals surface area contributed by atoms with E-state index in [1.54, 1.807) is 12.1 Å². The zero-order valence-electron chi connectivity index (χ0n) is 11.2. The molecule has 21 heavy (non-hydrogen) atoms. The Morgan fingerprint density at radius 2 is 1.86 bits per heavy atom. The van der Waals surface area contributed by atoms with Gasteiger partial charge in [-0.25, -0.2) is 4.39 Å². The van der Waals surface area contributed by atoms with Gasteiger partial charge in [-0.15, -0.1) is 0 Å². The molecule has 0 aliphatic rings. The molecule has 0 aliphatic heterocycles. The number of aliphatic hydroxyl groups excluding tert-OH is 1. The van der Waals surface area contributed by atoms with Gasteiger partial charge >= 0.3 is 0 Å². The molecular formula is C16H13FN2O2. The van der Waals surface area contributed by atoms with E-state index in [1.807, 2.05) is 24.3 Å². The Bertz CT molecular complexity index is 738. The minimum atomic E-state index is -0.272. The minimum absolute atomic E-state index is 0.0336. The van der Waals surface area contributed by atoms with Crippen LogP contribution in [0.1, 0.15) is 17.0 Å². The summed E-state index contributed by atoms with van der Waals surface area (Å²) < 4.78 is 18.1. The Kier molecular flexibility index (Phi) is 3.75. The molecule has 0 saturated carbocycles. The van der Waals surface area contributed by atoms with Crippen molar-refractivity contribution in [3.05, 3.63) is 71.4 Å². The Labute approximate surface area is 120 Å². The van der Waals surface area contributed by atoms with Gasteiger partial charge in [-0.05, 0) is 29.3 Å². The molecule has 2 aromatic carbocycles. The van der Waals surface area contributed by atoms with E-state index in [0.29, 0.717) is 18.1 Å². The SMILES string of the molecule is OCc1cccc(-c2noc(Cc3ccc(F)cc3)n2)c1. The Morgan fingerprint density at radius 1 is 1.05 bits per heavy atom. The van der Waals surface area contributed by atoms with Crippen LogP contribution in [0.4, 0.5) is 4.39 Å². The molecule has 0 fully saturated rings. The third-order valence-electron chi connectivity index (χ3n) is 3.10. The lowest BCUT2D eigenvalue weighted by Crippen LogP contribution is -1.89. The highest BCUT2D eigenvalue weighted by Gasteiger charge is 2.09. The first-order valence-corrected chi connectivity index (χ1v) is 6.52. The predicted molar refractivity (Wildman–Crippen MR) is 74.9 cm³/mol. The van der Waals surface area contributed by atoms with Crippen LogP contribution in [0.5, 0.6) is 0 Å². The Balaban J connectivity index is 1.81. The number of rotatable bonds is 4. The molecule has 1 aromatic heterocycles. The van der Waals surface area contributed by atoms with Gasteiger partial charge in [-0.1, -0.05) is 35.5 Å². The summed E-state index contributed by atoms with van der Waals surface area (Å²) in [5, 5.41) is 13.1. The number of hydrogen-bond donors (Lipinski definition) is 1. The Morgan fingerprint density at radius 3 is 2.62 bits per heavy atom. The lowest BCUT2D eigenvalue weighted by atomic mass is 10.1. The maximum absolute atomic E-state index is 12.9. The summed E-state index contributed by atoms with van der Waals surface area (Å²) in [5.41, 5.74) is 2.48. The van der Waals surface area contributed by atoms with Crippen LogP contribution in [0.2, 0.25) is 0 Å². The fourth-order valence-corrected chi connectivity index (χ4v) is 2.03. The van der Waals surface area contributed by atoms with E-state index in [-0.39, 0.29) is 12.4 Å². The molecule has 3 aromatic rings. The summed E-state index contributed by atoms with van der Waals surface area (Å²) in [4.78, 5) is 4.32. The normalized spacial score (nSPS) is 10.8. The first-order valence-electron chi connectivity index (χ1n) is 6.52. The molecule has 0 spiro atoms. The largest absolute Gasteiger partial charge is 0.392 e. The van der Waals surface area contributed by atoms with E-state index in [9.17, 15) is 4.39 Å². The van der Waals surface area contributed by atoms with Crippen LogP contribution in [0, 0.1) is 5.82 Å². The van der Waals surface area contributed by atoms with E-state index >= 15 is 0 Å². The highest BCUT2D eigenvalue weighted by Crippen LogP contribution is 2.18. The second-order valence-corrected chi connectivity index (χ2v) is 4.67. The summed E-state index contributed by atoms with van der Waals surface area (Å²) in [6, 6.07) is 13.5. The molecule has 3 rings (SSSR count). The number of nitrogens with zero attached hydrogens (tertiary/aromatic N) is 2. The van der Waals surface area contributed by atoms with Crippen molar-refractivity contribution in [1.29, 1.82) is 0 Å². The first kappa shape index (κ1) is 13.5. The van der Waals surface area contributed by atoms with Gasteiger partial charge < -0.3 is 9.63 Å². The van der Waals surface area contributed by atoms with Crippen molar-refractivity contribution >= 4 is 0 Å². The van der Waals surface area contributed by atoms with Crippen LogP contribution in [-0.4, -0.2) is 15.2 Å². The third kappa shape index (κ3) is 3.14. The lowest BCUT2D eigenvalue weighted by Gasteiger charge is -1.98. The molecule has 0 aliphatic carbocycles. The molecule has 0 unspecified atom stereocenters. The summed E-state index contributed by atoms with van der Waals surface area (Å²) in [6.45, 7) is -0.0336. The lowest BCUT2D eigenvalue weighted by molar-refractivity contribution is 0.282. The number of benzene rings is 2. The molecule has 0 radical (unpaired) electrons. The van der Waals surface area contributed by atoms with Gasteiger partial charge in [-0.3, -0.25) is 0 Å². The van der Waals surface area contributed by atoms with Gasteiger partial charge in [0.1, 0.15) is 5.82 Å². The van der Waals surface area contributed by atoms with Gasteiger partial charge in [0.25, 0.3) is 0 Å².